The van der Waals surface area contributed by atoms with Crippen LogP contribution in [-0.4, -0.2) is 54.9 Å². The van der Waals surface area contributed by atoms with E-state index >= 15 is 0 Å². The van der Waals surface area contributed by atoms with E-state index in [4.69, 9.17) is 0 Å². The van der Waals surface area contributed by atoms with Crippen molar-refractivity contribution < 1.29 is 5.11 Å². The van der Waals surface area contributed by atoms with Crippen molar-refractivity contribution in [2.24, 2.45) is 0 Å². The number of anilines is 1. The fourth-order valence-corrected chi connectivity index (χ4v) is 3.69. The summed E-state index contributed by atoms with van der Waals surface area (Å²) >= 11 is 0. The summed E-state index contributed by atoms with van der Waals surface area (Å²) in [6.45, 7) is 9.57. The highest BCUT2D eigenvalue weighted by atomic mass is 16.3. The van der Waals surface area contributed by atoms with Gasteiger partial charge < -0.3 is 15.3 Å². The van der Waals surface area contributed by atoms with Crippen LogP contribution in [0.15, 0.2) is 24.3 Å². The van der Waals surface area contributed by atoms with Gasteiger partial charge in [0.25, 0.3) is 0 Å². The molecule has 2 N–H and O–H groups in total. The van der Waals surface area contributed by atoms with Crippen LogP contribution in [0.25, 0.3) is 0 Å². The van der Waals surface area contributed by atoms with Crippen LogP contribution >= 0.6 is 0 Å². The molecule has 128 valence electrons. The highest BCUT2D eigenvalue weighted by molar-refractivity contribution is 5.54. The fourth-order valence-electron chi connectivity index (χ4n) is 3.69. The third kappa shape index (κ3) is 4.25. The Bertz CT molecular complexity index is 493. The fraction of sp³-hybridized carbons (Fsp3) is 0.684. The number of hydrogen-bond donors (Lipinski definition) is 2. The van der Waals surface area contributed by atoms with Crippen molar-refractivity contribution in [3.8, 4) is 0 Å². The van der Waals surface area contributed by atoms with E-state index in [9.17, 15) is 5.11 Å². The molecule has 0 atom stereocenters. The Morgan fingerprint density at radius 1 is 1.13 bits per heavy atom. The lowest BCUT2D eigenvalue weighted by Crippen LogP contribution is -2.47. The van der Waals surface area contributed by atoms with Crippen LogP contribution in [0.5, 0.6) is 0 Å². The zero-order valence-corrected chi connectivity index (χ0v) is 14.4. The Morgan fingerprint density at radius 3 is 2.52 bits per heavy atom. The molecule has 1 aromatic carbocycles. The number of aliphatic hydroxyl groups is 1. The van der Waals surface area contributed by atoms with Gasteiger partial charge in [-0.05, 0) is 43.9 Å². The quantitative estimate of drug-likeness (QED) is 0.809. The van der Waals surface area contributed by atoms with E-state index in [1.54, 1.807) is 0 Å². The number of para-hydroxylation sites is 1. The van der Waals surface area contributed by atoms with E-state index in [1.807, 2.05) is 0 Å². The Labute approximate surface area is 140 Å². The van der Waals surface area contributed by atoms with Crippen LogP contribution in [0.3, 0.4) is 0 Å². The van der Waals surface area contributed by atoms with Gasteiger partial charge in [-0.25, -0.2) is 0 Å². The number of piperazine rings is 1. The van der Waals surface area contributed by atoms with Crippen LogP contribution in [0.1, 0.15) is 38.2 Å². The monoisotopic (exact) mass is 317 g/mol. The summed E-state index contributed by atoms with van der Waals surface area (Å²) in [4.78, 5) is 5.07. The van der Waals surface area contributed by atoms with Crippen LogP contribution in [-0.2, 0) is 6.54 Å². The third-order valence-corrected chi connectivity index (χ3v) is 5.30. The smallest absolute Gasteiger partial charge is 0.0771 e. The van der Waals surface area contributed by atoms with E-state index in [2.05, 4.69) is 46.3 Å². The number of benzene rings is 1. The van der Waals surface area contributed by atoms with Crippen LogP contribution < -0.4 is 10.2 Å². The van der Waals surface area contributed by atoms with E-state index < -0.39 is 5.60 Å². The van der Waals surface area contributed by atoms with Crippen LogP contribution in [0, 0.1) is 0 Å². The van der Waals surface area contributed by atoms with Gasteiger partial charge in [-0.2, -0.15) is 0 Å². The molecule has 3 rings (SSSR count). The predicted octanol–water partition coefficient (Wildman–Crippen LogP) is 2.22. The topological polar surface area (TPSA) is 38.7 Å². The summed E-state index contributed by atoms with van der Waals surface area (Å²) in [6, 6.07) is 8.71. The normalized spacial score (nSPS) is 21.2. The lowest BCUT2D eigenvalue weighted by molar-refractivity contribution is -0.0314. The largest absolute Gasteiger partial charge is 0.389 e. The van der Waals surface area contributed by atoms with Crippen LogP contribution in [0.4, 0.5) is 5.69 Å². The van der Waals surface area contributed by atoms with Gasteiger partial charge in [0.05, 0.1) is 5.60 Å². The van der Waals surface area contributed by atoms with E-state index in [1.165, 1.54) is 24.2 Å². The average Bonchev–Trinajstić information content (AvgIpc) is 2.55. The molecular formula is C19H31N3O. The van der Waals surface area contributed by atoms with E-state index in [0.29, 0.717) is 6.54 Å². The molecule has 1 saturated heterocycles. The lowest BCUT2D eigenvalue weighted by atomic mass is 9.80. The molecule has 1 heterocycles. The van der Waals surface area contributed by atoms with Gasteiger partial charge >= 0.3 is 0 Å². The second-order valence-corrected chi connectivity index (χ2v) is 7.14. The highest BCUT2D eigenvalue weighted by Crippen LogP contribution is 2.31. The molecule has 1 aliphatic carbocycles. The van der Waals surface area contributed by atoms with Gasteiger partial charge in [0.2, 0.25) is 0 Å². The van der Waals surface area contributed by atoms with Gasteiger partial charge in [-0.3, -0.25) is 4.90 Å². The maximum Gasteiger partial charge on any atom is 0.0771 e. The predicted molar refractivity (Wildman–Crippen MR) is 95.9 cm³/mol. The number of nitrogens with zero attached hydrogens (tertiary/aromatic N) is 2. The van der Waals surface area contributed by atoms with Crippen molar-refractivity contribution in [1.29, 1.82) is 0 Å². The molecule has 0 bridgehead atoms. The zero-order chi connectivity index (χ0) is 16.1. The molecule has 0 amide bonds. The molecule has 0 radical (unpaired) electrons. The maximum atomic E-state index is 10.2. The molecule has 1 saturated carbocycles. The Balaban J connectivity index is 1.55. The first kappa shape index (κ1) is 16.7. The Morgan fingerprint density at radius 2 is 1.87 bits per heavy atom. The second-order valence-electron chi connectivity index (χ2n) is 7.14. The standard InChI is InChI=1S/C19H31N3O/c1-2-10-21-11-13-22(14-12-21)18-7-4-3-6-17(18)15-20-16-19(23)8-5-9-19/h3-4,6-7,20,23H,2,5,8-16H2,1H3. The molecule has 1 aliphatic heterocycles. The van der Waals surface area contributed by atoms with Gasteiger partial charge in [0.1, 0.15) is 0 Å². The summed E-state index contributed by atoms with van der Waals surface area (Å²) in [5.74, 6) is 0. The molecule has 0 aromatic heterocycles. The van der Waals surface area contributed by atoms with Crippen molar-refractivity contribution in [1.82, 2.24) is 10.2 Å². The van der Waals surface area contributed by atoms with E-state index in [0.717, 1.165) is 52.0 Å². The zero-order valence-electron chi connectivity index (χ0n) is 14.4. The minimum absolute atomic E-state index is 0.444. The van der Waals surface area contributed by atoms with Gasteiger partial charge in [-0.15, -0.1) is 0 Å². The summed E-state index contributed by atoms with van der Waals surface area (Å²) in [5, 5.41) is 13.7. The number of hydrogen-bond acceptors (Lipinski definition) is 4. The first-order valence-corrected chi connectivity index (χ1v) is 9.18. The Hall–Kier alpha value is -1.10. The summed E-state index contributed by atoms with van der Waals surface area (Å²) in [5.41, 5.74) is 2.26. The summed E-state index contributed by atoms with van der Waals surface area (Å²) < 4.78 is 0. The Kier molecular flexibility index (Phi) is 5.57. The molecule has 4 nitrogen and oxygen atoms in total. The molecule has 2 aliphatic rings. The van der Waals surface area contributed by atoms with Crippen molar-refractivity contribution in [2.75, 3.05) is 44.2 Å². The first-order chi connectivity index (χ1) is 11.2. The van der Waals surface area contributed by atoms with Crippen molar-refractivity contribution >= 4 is 5.69 Å². The summed E-state index contributed by atoms with van der Waals surface area (Å²) in [6.07, 6.45) is 4.29. The first-order valence-electron chi connectivity index (χ1n) is 9.18. The molecule has 4 heteroatoms. The van der Waals surface area contributed by atoms with Crippen LogP contribution in [0.2, 0.25) is 0 Å². The molecular weight excluding hydrogens is 286 g/mol. The third-order valence-electron chi connectivity index (χ3n) is 5.30. The number of rotatable bonds is 7. The average molecular weight is 317 g/mol. The highest BCUT2D eigenvalue weighted by Gasteiger charge is 2.33. The SMILES string of the molecule is CCCN1CCN(c2ccccc2CNCC2(O)CCC2)CC1. The van der Waals surface area contributed by atoms with E-state index in [-0.39, 0.29) is 0 Å². The lowest BCUT2D eigenvalue weighted by Gasteiger charge is -2.38. The summed E-state index contributed by atoms with van der Waals surface area (Å²) in [7, 11) is 0. The van der Waals surface area contributed by atoms with Gasteiger partial charge in [0, 0.05) is 45.0 Å². The van der Waals surface area contributed by atoms with Gasteiger partial charge in [0.15, 0.2) is 0 Å². The molecule has 1 aromatic rings. The second kappa shape index (κ2) is 7.65. The molecule has 0 unspecified atom stereocenters. The van der Waals surface area contributed by atoms with Crippen molar-refractivity contribution in [3.63, 3.8) is 0 Å². The maximum absolute atomic E-state index is 10.2. The number of nitrogens with one attached hydrogen (secondary N) is 1. The van der Waals surface area contributed by atoms with Crippen molar-refractivity contribution in [2.45, 2.75) is 44.8 Å². The molecule has 2 fully saturated rings. The molecule has 23 heavy (non-hydrogen) atoms. The molecule has 0 spiro atoms. The minimum atomic E-state index is -0.444. The minimum Gasteiger partial charge on any atom is -0.389 e. The van der Waals surface area contributed by atoms with Crippen molar-refractivity contribution in [3.05, 3.63) is 29.8 Å². The van der Waals surface area contributed by atoms with Gasteiger partial charge in [-0.1, -0.05) is 25.1 Å².